The Balaban J connectivity index is 2.09. The normalized spacial score (nSPS) is 12.4. The maximum Gasteiger partial charge on any atom is 0.161 e. The van der Waals surface area contributed by atoms with Crippen molar-refractivity contribution in [2.24, 2.45) is 0 Å². The molecule has 106 valence electrons. The smallest absolute Gasteiger partial charge is 0.161 e. The van der Waals surface area contributed by atoms with Gasteiger partial charge in [-0.05, 0) is 19.1 Å². The highest BCUT2D eigenvalue weighted by Crippen LogP contribution is 2.18. The van der Waals surface area contributed by atoms with Crippen LogP contribution in [0.5, 0.6) is 0 Å². The highest BCUT2D eigenvalue weighted by molar-refractivity contribution is 5.22. The summed E-state index contributed by atoms with van der Waals surface area (Å²) < 4.78 is 52.8. The molecule has 2 aromatic rings. The minimum absolute atomic E-state index is 0.00732. The number of benzene rings is 2. The number of nitrogens with one attached hydrogen (secondary N) is 1. The van der Waals surface area contributed by atoms with Gasteiger partial charge in [-0.2, -0.15) is 0 Å². The maximum absolute atomic E-state index is 13.5. The summed E-state index contributed by atoms with van der Waals surface area (Å²) in [6, 6.07) is 7.10. The number of rotatable bonds is 4. The van der Waals surface area contributed by atoms with Crippen molar-refractivity contribution in [3.63, 3.8) is 0 Å². The van der Waals surface area contributed by atoms with Gasteiger partial charge in [0.05, 0.1) is 0 Å². The van der Waals surface area contributed by atoms with Crippen LogP contribution < -0.4 is 5.32 Å². The van der Waals surface area contributed by atoms with E-state index in [0.717, 1.165) is 6.07 Å². The van der Waals surface area contributed by atoms with Crippen molar-refractivity contribution in [1.29, 1.82) is 0 Å². The molecule has 0 aliphatic rings. The molecule has 0 saturated heterocycles. The van der Waals surface area contributed by atoms with Gasteiger partial charge in [-0.15, -0.1) is 0 Å². The van der Waals surface area contributed by atoms with E-state index in [-0.39, 0.29) is 24.0 Å². The molecule has 1 nitrogen and oxygen atoms in total. The molecule has 0 bridgehead atoms. The van der Waals surface area contributed by atoms with Crippen LogP contribution in [0.4, 0.5) is 17.6 Å². The highest BCUT2D eigenvalue weighted by Gasteiger charge is 2.13. The van der Waals surface area contributed by atoms with E-state index < -0.39 is 17.5 Å². The SMILES string of the molecule is C[C@@H](NCc1cc(F)c(F)cc1F)c1ccccc1F. The van der Waals surface area contributed by atoms with Gasteiger partial charge in [0.15, 0.2) is 11.6 Å². The van der Waals surface area contributed by atoms with Crippen LogP contribution in [0.1, 0.15) is 24.1 Å². The Labute approximate surface area is 114 Å². The van der Waals surface area contributed by atoms with E-state index in [9.17, 15) is 17.6 Å². The average molecular weight is 283 g/mol. The molecule has 0 unspecified atom stereocenters. The van der Waals surface area contributed by atoms with Crippen molar-refractivity contribution in [3.8, 4) is 0 Å². The summed E-state index contributed by atoms with van der Waals surface area (Å²) >= 11 is 0. The van der Waals surface area contributed by atoms with Gasteiger partial charge in [-0.1, -0.05) is 18.2 Å². The minimum Gasteiger partial charge on any atom is -0.306 e. The molecule has 0 aliphatic heterocycles. The van der Waals surface area contributed by atoms with Gasteiger partial charge >= 0.3 is 0 Å². The first-order chi connectivity index (χ1) is 9.49. The molecule has 2 aromatic carbocycles. The predicted octanol–water partition coefficient (Wildman–Crippen LogP) is 4.09. The second kappa shape index (κ2) is 6.05. The van der Waals surface area contributed by atoms with Gasteiger partial charge in [0.1, 0.15) is 11.6 Å². The van der Waals surface area contributed by atoms with Crippen LogP contribution in [-0.2, 0) is 6.54 Å². The Hall–Kier alpha value is -1.88. The standard InChI is InChI=1S/C15H13F4N/c1-9(11-4-2-3-5-12(11)16)20-8-10-6-14(18)15(19)7-13(10)17/h2-7,9,20H,8H2,1H3/t9-/m1/s1. The summed E-state index contributed by atoms with van der Waals surface area (Å²) in [7, 11) is 0. The molecule has 0 spiro atoms. The Morgan fingerprint density at radius 1 is 0.900 bits per heavy atom. The second-order valence-corrected chi connectivity index (χ2v) is 4.48. The Bertz CT molecular complexity index is 613. The molecule has 2 rings (SSSR count). The average Bonchev–Trinajstić information content (AvgIpc) is 2.41. The lowest BCUT2D eigenvalue weighted by molar-refractivity contribution is 0.479. The van der Waals surface area contributed by atoms with Crippen molar-refractivity contribution in [2.75, 3.05) is 0 Å². The van der Waals surface area contributed by atoms with Gasteiger partial charge < -0.3 is 5.32 Å². The third kappa shape index (κ3) is 3.17. The van der Waals surface area contributed by atoms with Crippen molar-refractivity contribution < 1.29 is 17.6 Å². The number of halogens is 4. The molecule has 5 heteroatoms. The molecule has 0 amide bonds. The molecular formula is C15H13F4N. The quantitative estimate of drug-likeness (QED) is 0.658. The zero-order valence-electron chi connectivity index (χ0n) is 10.8. The fourth-order valence-corrected chi connectivity index (χ4v) is 1.90. The van der Waals surface area contributed by atoms with Crippen molar-refractivity contribution in [2.45, 2.75) is 19.5 Å². The fourth-order valence-electron chi connectivity index (χ4n) is 1.90. The van der Waals surface area contributed by atoms with Gasteiger partial charge in [0, 0.05) is 29.8 Å². The summed E-state index contributed by atoms with van der Waals surface area (Å²) in [5, 5.41) is 2.87. The van der Waals surface area contributed by atoms with Crippen LogP contribution in [0.3, 0.4) is 0 Å². The van der Waals surface area contributed by atoms with E-state index in [2.05, 4.69) is 5.32 Å². The topological polar surface area (TPSA) is 12.0 Å². The maximum atomic E-state index is 13.5. The lowest BCUT2D eigenvalue weighted by Gasteiger charge is -2.15. The van der Waals surface area contributed by atoms with Crippen molar-refractivity contribution in [1.82, 2.24) is 5.32 Å². The van der Waals surface area contributed by atoms with E-state index in [0.29, 0.717) is 11.6 Å². The Morgan fingerprint density at radius 2 is 1.55 bits per heavy atom. The van der Waals surface area contributed by atoms with Gasteiger partial charge in [-0.25, -0.2) is 17.6 Å². The van der Waals surface area contributed by atoms with Crippen LogP contribution in [0.2, 0.25) is 0 Å². The van der Waals surface area contributed by atoms with Crippen LogP contribution in [0, 0.1) is 23.3 Å². The first-order valence-electron chi connectivity index (χ1n) is 6.10. The summed E-state index contributed by atoms with van der Waals surface area (Å²) in [6.45, 7) is 1.68. The van der Waals surface area contributed by atoms with Gasteiger partial charge in [0.25, 0.3) is 0 Å². The van der Waals surface area contributed by atoms with E-state index in [1.165, 1.54) is 6.07 Å². The minimum atomic E-state index is -1.23. The first-order valence-corrected chi connectivity index (χ1v) is 6.10. The van der Waals surface area contributed by atoms with Crippen LogP contribution in [-0.4, -0.2) is 0 Å². The predicted molar refractivity (Wildman–Crippen MR) is 68.0 cm³/mol. The lowest BCUT2D eigenvalue weighted by atomic mass is 10.1. The summed E-state index contributed by atoms with van der Waals surface area (Å²) in [5.74, 6) is -3.55. The highest BCUT2D eigenvalue weighted by atomic mass is 19.2. The number of hydrogen-bond donors (Lipinski definition) is 1. The summed E-state index contributed by atoms with van der Waals surface area (Å²) in [4.78, 5) is 0. The fraction of sp³-hybridized carbons (Fsp3) is 0.200. The third-order valence-corrected chi connectivity index (χ3v) is 3.06. The molecule has 0 radical (unpaired) electrons. The third-order valence-electron chi connectivity index (χ3n) is 3.06. The Kier molecular flexibility index (Phi) is 4.39. The van der Waals surface area contributed by atoms with Crippen molar-refractivity contribution >= 4 is 0 Å². The molecular weight excluding hydrogens is 270 g/mol. The molecule has 0 saturated carbocycles. The summed E-state index contributed by atoms with van der Waals surface area (Å²) in [6.07, 6.45) is 0. The van der Waals surface area contributed by atoms with Crippen LogP contribution in [0.15, 0.2) is 36.4 Å². The molecule has 1 atom stereocenters. The molecule has 1 N–H and O–H groups in total. The van der Waals surface area contributed by atoms with E-state index >= 15 is 0 Å². The second-order valence-electron chi connectivity index (χ2n) is 4.48. The van der Waals surface area contributed by atoms with Gasteiger partial charge in [0.2, 0.25) is 0 Å². The monoisotopic (exact) mass is 283 g/mol. The zero-order chi connectivity index (χ0) is 14.7. The molecule has 0 heterocycles. The summed E-state index contributed by atoms with van der Waals surface area (Å²) in [5.41, 5.74) is 0.419. The van der Waals surface area contributed by atoms with E-state index in [1.54, 1.807) is 25.1 Å². The van der Waals surface area contributed by atoms with E-state index in [4.69, 9.17) is 0 Å². The number of hydrogen-bond acceptors (Lipinski definition) is 1. The Morgan fingerprint density at radius 3 is 2.25 bits per heavy atom. The lowest BCUT2D eigenvalue weighted by Crippen LogP contribution is -2.20. The first kappa shape index (κ1) is 14.5. The van der Waals surface area contributed by atoms with Crippen LogP contribution >= 0.6 is 0 Å². The van der Waals surface area contributed by atoms with Gasteiger partial charge in [-0.3, -0.25) is 0 Å². The van der Waals surface area contributed by atoms with Crippen molar-refractivity contribution in [3.05, 3.63) is 70.8 Å². The van der Waals surface area contributed by atoms with E-state index in [1.807, 2.05) is 0 Å². The molecule has 0 aliphatic carbocycles. The molecule has 0 fully saturated rings. The zero-order valence-corrected chi connectivity index (χ0v) is 10.8. The largest absolute Gasteiger partial charge is 0.306 e. The van der Waals surface area contributed by atoms with Crippen LogP contribution in [0.25, 0.3) is 0 Å². The molecule has 0 aromatic heterocycles. The molecule has 20 heavy (non-hydrogen) atoms.